The number of anilines is 1. The van der Waals surface area contributed by atoms with Gasteiger partial charge in [-0.3, -0.25) is 9.78 Å². The molecule has 2 heterocycles. The number of benzene rings is 2. The summed E-state index contributed by atoms with van der Waals surface area (Å²) in [5.41, 5.74) is 3.73. The topological polar surface area (TPSA) is 68.7 Å². The summed E-state index contributed by atoms with van der Waals surface area (Å²) in [6.45, 7) is 5.98. The lowest BCUT2D eigenvalue weighted by molar-refractivity contribution is -0.127. The van der Waals surface area contributed by atoms with Gasteiger partial charge in [-0.2, -0.15) is 0 Å². The first-order chi connectivity index (χ1) is 17.9. The van der Waals surface area contributed by atoms with Crippen molar-refractivity contribution in [3.8, 4) is 5.75 Å². The van der Waals surface area contributed by atoms with Gasteiger partial charge in [-0.25, -0.2) is 4.79 Å². The Balaban J connectivity index is 1.53. The molecule has 3 aromatic rings. The molecule has 0 N–H and O–H groups in total. The molecule has 1 aliphatic rings. The average molecular weight is 501 g/mol. The Kier molecular flexibility index (Phi) is 8.59. The molecular formula is C31H36N2O4. The number of cyclic esters (lactones) is 1. The zero-order valence-electron chi connectivity index (χ0n) is 22.0. The number of nitrogens with zero attached hydrogens (tertiary/aromatic N) is 2. The SMILES string of the molecule is CCCCCCCCc1ccc(CN(C(=O)c2ccncc2)c2ccc3c(c2)C(=O)OC(C)(C)O3)cc1. The predicted octanol–water partition coefficient (Wildman–Crippen LogP) is 7.12. The number of ether oxygens (including phenoxy) is 2. The van der Waals surface area contributed by atoms with Gasteiger partial charge in [-0.1, -0.05) is 63.3 Å². The van der Waals surface area contributed by atoms with Crippen molar-refractivity contribution >= 4 is 17.6 Å². The molecule has 0 fully saturated rings. The van der Waals surface area contributed by atoms with Gasteiger partial charge < -0.3 is 14.4 Å². The smallest absolute Gasteiger partial charge is 0.345 e. The van der Waals surface area contributed by atoms with Crippen LogP contribution in [-0.2, 0) is 17.7 Å². The van der Waals surface area contributed by atoms with Crippen molar-refractivity contribution in [1.82, 2.24) is 4.98 Å². The molecule has 0 spiro atoms. The predicted molar refractivity (Wildman–Crippen MR) is 145 cm³/mol. The minimum Gasteiger partial charge on any atom is -0.452 e. The highest BCUT2D eigenvalue weighted by Gasteiger charge is 2.34. The maximum Gasteiger partial charge on any atom is 0.345 e. The molecule has 1 aromatic heterocycles. The second-order valence-electron chi connectivity index (χ2n) is 10.0. The molecule has 6 heteroatoms. The summed E-state index contributed by atoms with van der Waals surface area (Å²) in [4.78, 5) is 31.9. The number of hydrogen-bond donors (Lipinski definition) is 0. The van der Waals surface area contributed by atoms with E-state index in [4.69, 9.17) is 9.47 Å². The maximum atomic E-state index is 13.6. The van der Waals surface area contributed by atoms with E-state index in [0.29, 0.717) is 29.1 Å². The normalized spacial score (nSPS) is 13.9. The fourth-order valence-electron chi connectivity index (χ4n) is 4.53. The number of unbranched alkanes of at least 4 members (excludes halogenated alkanes) is 5. The van der Waals surface area contributed by atoms with E-state index in [1.165, 1.54) is 44.1 Å². The molecule has 0 radical (unpaired) electrons. The van der Waals surface area contributed by atoms with Gasteiger partial charge in [0.05, 0.1) is 6.54 Å². The zero-order valence-corrected chi connectivity index (χ0v) is 22.0. The van der Waals surface area contributed by atoms with Crippen LogP contribution in [0.3, 0.4) is 0 Å². The Hall–Kier alpha value is -3.67. The van der Waals surface area contributed by atoms with Crippen molar-refractivity contribution in [3.05, 3.63) is 89.2 Å². The van der Waals surface area contributed by atoms with E-state index in [9.17, 15) is 9.59 Å². The number of pyridine rings is 1. The second kappa shape index (κ2) is 12.0. The van der Waals surface area contributed by atoms with Crippen LogP contribution in [0.2, 0.25) is 0 Å². The molecule has 0 unspecified atom stereocenters. The van der Waals surface area contributed by atoms with Crippen LogP contribution in [0.4, 0.5) is 5.69 Å². The van der Waals surface area contributed by atoms with Gasteiger partial charge in [0.1, 0.15) is 11.3 Å². The van der Waals surface area contributed by atoms with Crippen LogP contribution >= 0.6 is 0 Å². The summed E-state index contributed by atoms with van der Waals surface area (Å²) in [6, 6.07) is 17.0. The Bertz CT molecular complexity index is 1210. The van der Waals surface area contributed by atoms with Crippen molar-refractivity contribution < 1.29 is 19.1 Å². The van der Waals surface area contributed by atoms with E-state index in [2.05, 4.69) is 36.2 Å². The average Bonchev–Trinajstić information content (AvgIpc) is 2.89. The molecular weight excluding hydrogens is 464 g/mol. The highest BCUT2D eigenvalue weighted by Crippen LogP contribution is 2.34. The third-order valence-electron chi connectivity index (χ3n) is 6.54. The summed E-state index contributed by atoms with van der Waals surface area (Å²) in [5, 5.41) is 0. The summed E-state index contributed by atoms with van der Waals surface area (Å²) in [5.74, 6) is -1.23. The second-order valence-corrected chi connectivity index (χ2v) is 10.0. The number of hydrogen-bond acceptors (Lipinski definition) is 5. The first-order valence-corrected chi connectivity index (χ1v) is 13.2. The number of esters is 1. The summed E-state index contributed by atoms with van der Waals surface area (Å²) >= 11 is 0. The monoisotopic (exact) mass is 500 g/mol. The van der Waals surface area contributed by atoms with Gasteiger partial charge in [0.15, 0.2) is 0 Å². The number of aryl methyl sites for hydroxylation is 1. The van der Waals surface area contributed by atoms with Crippen LogP contribution in [0, 0.1) is 0 Å². The van der Waals surface area contributed by atoms with Crippen molar-refractivity contribution in [2.24, 2.45) is 0 Å². The summed E-state index contributed by atoms with van der Waals surface area (Å²) < 4.78 is 11.2. The Morgan fingerprint density at radius 3 is 2.27 bits per heavy atom. The van der Waals surface area contributed by atoms with Gasteiger partial charge in [0.2, 0.25) is 5.79 Å². The van der Waals surface area contributed by atoms with Gasteiger partial charge in [-0.05, 0) is 54.3 Å². The summed E-state index contributed by atoms with van der Waals surface area (Å²) in [6.07, 6.45) is 11.9. The van der Waals surface area contributed by atoms with Crippen LogP contribution in [0.15, 0.2) is 67.0 Å². The third-order valence-corrected chi connectivity index (χ3v) is 6.54. The standard InChI is InChI=1S/C31H36N2O4/c1-4-5-6-7-8-9-10-23-11-13-24(14-12-23)22-33(29(34)25-17-19-32-20-18-25)26-15-16-28-27(21-26)30(35)37-31(2,3)36-28/h11-21H,4-10,22H2,1-3H3. The van der Waals surface area contributed by atoms with Crippen molar-refractivity contribution in [2.75, 3.05) is 4.90 Å². The highest BCUT2D eigenvalue weighted by molar-refractivity contribution is 6.06. The Morgan fingerprint density at radius 1 is 0.865 bits per heavy atom. The van der Waals surface area contributed by atoms with E-state index in [1.54, 1.807) is 61.5 Å². The van der Waals surface area contributed by atoms with E-state index >= 15 is 0 Å². The van der Waals surface area contributed by atoms with Gasteiger partial charge >= 0.3 is 5.97 Å². The Morgan fingerprint density at radius 2 is 1.54 bits per heavy atom. The molecule has 1 aliphatic heterocycles. The van der Waals surface area contributed by atoms with E-state index in [-0.39, 0.29) is 5.91 Å². The number of aromatic nitrogens is 1. The molecule has 4 rings (SSSR count). The molecule has 6 nitrogen and oxygen atoms in total. The lowest BCUT2D eigenvalue weighted by Crippen LogP contribution is -2.39. The minimum absolute atomic E-state index is 0.177. The van der Waals surface area contributed by atoms with Crippen molar-refractivity contribution in [3.63, 3.8) is 0 Å². The molecule has 194 valence electrons. The third kappa shape index (κ3) is 6.97. The molecule has 0 saturated carbocycles. The molecule has 37 heavy (non-hydrogen) atoms. The lowest BCUT2D eigenvalue weighted by atomic mass is 10.0. The molecule has 2 aromatic carbocycles. The summed E-state index contributed by atoms with van der Waals surface area (Å²) in [7, 11) is 0. The fourth-order valence-corrected chi connectivity index (χ4v) is 4.53. The maximum absolute atomic E-state index is 13.6. The number of carbonyl (C=O) groups excluding carboxylic acids is 2. The molecule has 0 atom stereocenters. The highest BCUT2D eigenvalue weighted by atomic mass is 16.7. The minimum atomic E-state index is -1.03. The van der Waals surface area contributed by atoms with E-state index in [0.717, 1.165) is 12.0 Å². The zero-order chi connectivity index (χ0) is 26.3. The van der Waals surface area contributed by atoms with Crippen LogP contribution in [0.1, 0.15) is 91.1 Å². The molecule has 0 saturated heterocycles. The van der Waals surface area contributed by atoms with E-state index in [1.807, 2.05) is 0 Å². The first kappa shape index (κ1) is 26.4. The number of fused-ring (bicyclic) bond motifs is 1. The quantitative estimate of drug-likeness (QED) is 0.207. The van der Waals surface area contributed by atoms with Gasteiger partial charge in [0, 0.05) is 37.5 Å². The molecule has 0 bridgehead atoms. The van der Waals surface area contributed by atoms with Crippen LogP contribution < -0.4 is 9.64 Å². The van der Waals surface area contributed by atoms with Crippen LogP contribution in [0.25, 0.3) is 0 Å². The molecule has 0 aliphatic carbocycles. The number of carbonyl (C=O) groups is 2. The van der Waals surface area contributed by atoms with Crippen LogP contribution in [0.5, 0.6) is 5.75 Å². The van der Waals surface area contributed by atoms with Crippen molar-refractivity contribution in [1.29, 1.82) is 0 Å². The first-order valence-electron chi connectivity index (χ1n) is 13.2. The lowest BCUT2D eigenvalue weighted by Gasteiger charge is -2.32. The fraction of sp³-hybridized carbons (Fsp3) is 0.387. The van der Waals surface area contributed by atoms with Gasteiger partial charge in [-0.15, -0.1) is 0 Å². The van der Waals surface area contributed by atoms with Crippen molar-refractivity contribution in [2.45, 2.75) is 78.0 Å². The van der Waals surface area contributed by atoms with E-state index < -0.39 is 11.8 Å². The number of amides is 1. The number of rotatable bonds is 11. The van der Waals surface area contributed by atoms with Crippen LogP contribution in [-0.4, -0.2) is 22.6 Å². The Labute approximate surface area is 219 Å². The van der Waals surface area contributed by atoms with Gasteiger partial charge in [0.25, 0.3) is 5.91 Å². The largest absolute Gasteiger partial charge is 0.452 e. The molecule has 1 amide bonds.